The third-order valence-corrected chi connectivity index (χ3v) is 7.53. The van der Waals surface area contributed by atoms with Crippen LogP contribution in [0, 0.1) is 12.7 Å². The Labute approximate surface area is 249 Å². The molecule has 2 heterocycles. The highest BCUT2D eigenvalue weighted by molar-refractivity contribution is 7.27. The normalized spacial score (nSPS) is 11.2. The van der Waals surface area contributed by atoms with E-state index in [2.05, 4.69) is 29.8 Å². The third-order valence-electron chi connectivity index (χ3n) is 7.06. The molecule has 0 saturated carbocycles. The Hall–Kier alpha value is -4.50. The molecule has 3 aromatic carbocycles. The predicted molar refractivity (Wildman–Crippen MR) is 169 cm³/mol. The summed E-state index contributed by atoms with van der Waals surface area (Å²) >= 11 is 0. The lowest BCUT2D eigenvalue weighted by Gasteiger charge is -2.19. The number of aliphatic hydroxyl groups is 2. The van der Waals surface area contributed by atoms with Crippen molar-refractivity contribution in [2.24, 2.45) is 0 Å². The van der Waals surface area contributed by atoms with E-state index in [1.54, 1.807) is 30.3 Å². The molecule has 9 nitrogen and oxygen atoms in total. The maximum atomic E-state index is 15.2. The van der Waals surface area contributed by atoms with Crippen LogP contribution < -0.4 is 21.5 Å². The number of benzene rings is 3. The van der Waals surface area contributed by atoms with Gasteiger partial charge >= 0.3 is 0 Å². The highest BCUT2D eigenvalue weighted by Crippen LogP contribution is 2.31. The van der Waals surface area contributed by atoms with Crippen LogP contribution in [0.15, 0.2) is 83.7 Å². The van der Waals surface area contributed by atoms with E-state index in [1.165, 1.54) is 22.8 Å². The number of carbonyl (C=O) groups excluding carboxylic acids is 1. The fourth-order valence-electron chi connectivity index (χ4n) is 4.79. The average Bonchev–Trinajstić information content (AvgIpc) is 3.01. The van der Waals surface area contributed by atoms with Crippen molar-refractivity contribution >= 4 is 37.4 Å². The molecule has 1 unspecified atom stereocenters. The van der Waals surface area contributed by atoms with Gasteiger partial charge in [-0.25, -0.2) is 9.37 Å². The first-order chi connectivity index (χ1) is 20.8. The van der Waals surface area contributed by atoms with Gasteiger partial charge in [0, 0.05) is 29.1 Å². The number of pyridine rings is 1. The average molecular weight is 600 g/mol. The second kappa shape index (κ2) is 13.2. The van der Waals surface area contributed by atoms with Gasteiger partial charge < -0.3 is 20.8 Å². The molecule has 1 atom stereocenters. The summed E-state index contributed by atoms with van der Waals surface area (Å²) in [6.07, 6.45) is 0.680. The monoisotopic (exact) mass is 599 g/mol. The number of hydrogen-bond donors (Lipinski definition) is 4. The summed E-state index contributed by atoms with van der Waals surface area (Å²) in [4.78, 5) is 35.6. The van der Waals surface area contributed by atoms with E-state index in [-0.39, 0.29) is 23.2 Å². The van der Waals surface area contributed by atoms with E-state index in [9.17, 15) is 19.8 Å². The number of aromatic nitrogens is 3. The molecule has 2 aromatic heterocycles. The lowest BCUT2D eigenvalue weighted by molar-refractivity contribution is 0.0954. The van der Waals surface area contributed by atoms with Gasteiger partial charge in [0.15, 0.2) is 5.65 Å². The Morgan fingerprint density at radius 3 is 2.49 bits per heavy atom. The van der Waals surface area contributed by atoms with Gasteiger partial charge in [0.25, 0.3) is 11.5 Å². The second-order valence-electron chi connectivity index (χ2n) is 10.0. The molecule has 11 heteroatoms. The zero-order chi connectivity index (χ0) is 30.5. The van der Waals surface area contributed by atoms with Crippen molar-refractivity contribution in [1.29, 1.82) is 0 Å². The molecule has 0 aliphatic rings. The third kappa shape index (κ3) is 6.46. The number of anilines is 1. The van der Waals surface area contributed by atoms with Crippen LogP contribution in [0.25, 0.3) is 28.0 Å². The van der Waals surface area contributed by atoms with Crippen LogP contribution in [0.4, 0.5) is 10.3 Å². The molecule has 0 radical (unpaired) electrons. The van der Waals surface area contributed by atoms with Crippen molar-refractivity contribution in [3.63, 3.8) is 0 Å². The number of aryl methyl sites for hydroxylation is 1. The number of amides is 1. The largest absolute Gasteiger partial charge is 0.394 e. The van der Waals surface area contributed by atoms with Crippen molar-refractivity contribution in [3.8, 4) is 16.9 Å². The predicted octanol–water partition coefficient (Wildman–Crippen LogP) is 3.13. The van der Waals surface area contributed by atoms with Crippen LogP contribution in [0.2, 0.25) is 0 Å². The number of carbonyl (C=O) groups is 1. The smallest absolute Gasteiger partial charge is 0.256 e. The van der Waals surface area contributed by atoms with E-state index >= 15 is 4.39 Å². The number of nitrogens with one attached hydrogen (secondary N) is 2. The van der Waals surface area contributed by atoms with Gasteiger partial charge in [-0.2, -0.15) is 4.98 Å². The summed E-state index contributed by atoms with van der Waals surface area (Å²) < 4.78 is 16.3. The van der Waals surface area contributed by atoms with Crippen molar-refractivity contribution in [2.45, 2.75) is 19.4 Å². The first-order valence-electron chi connectivity index (χ1n) is 13.7. The maximum absolute atomic E-state index is 15.2. The van der Waals surface area contributed by atoms with Crippen LogP contribution in [-0.2, 0) is 6.42 Å². The molecular formula is C32H31FN5O4P. The zero-order valence-corrected chi connectivity index (χ0v) is 24.6. The van der Waals surface area contributed by atoms with Crippen molar-refractivity contribution in [3.05, 3.63) is 112 Å². The van der Waals surface area contributed by atoms with Gasteiger partial charge in [-0.05, 0) is 54.0 Å². The van der Waals surface area contributed by atoms with E-state index < -0.39 is 30.6 Å². The van der Waals surface area contributed by atoms with Crippen LogP contribution in [0.3, 0.4) is 0 Å². The summed E-state index contributed by atoms with van der Waals surface area (Å²) in [5, 5.41) is 26.1. The molecule has 0 spiro atoms. The standard InChI is InChI=1S/C32H31FN5O4P/c1-19-10-11-21(31(42)34-15-14-20-6-3-2-4-7-20)16-24(19)28-23-12-13-27(41)38(29-25(33)8-5-9-26(29)43)30(23)37-32(36-28)35-22(17-39)18-40/h2-13,16,22,39-40H,14-15,17-18,43H2,1H3,(H,34,42)(H,35,36,37). The highest BCUT2D eigenvalue weighted by Gasteiger charge is 2.21. The van der Waals surface area contributed by atoms with E-state index in [1.807, 2.05) is 37.3 Å². The molecule has 43 heavy (non-hydrogen) atoms. The molecule has 0 saturated heterocycles. The minimum absolute atomic E-state index is 0.00807. The van der Waals surface area contributed by atoms with E-state index in [4.69, 9.17) is 0 Å². The molecule has 220 valence electrons. The molecule has 1 amide bonds. The first kappa shape index (κ1) is 30.0. The lowest BCUT2D eigenvalue weighted by Crippen LogP contribution is -2.29. The molecule has 0 aliphatic carbocycles. The van der Waals surface area contributed by atoms with Gasteiger partial charge in [-0.1, -0.05) is 48.5 Å². The molecule has 0 bridgehead atoms. The molecule has 5 rings (SSSR count). The topological polar surface area (TPSA) is 129 Å². The fraction of sp³-hybridized carbons (Fsp3) is 0.188. The first-order valence-corrected chi connectivity index (χ1v) is 14.3. The SMILES string of the molecule is Cc1ccc(C(=O)NCCc2ccccc2)cc1-c1nc(NC(CO)CO)nc2c1ccc(=O)n2-c1c(F)cccc1P. The van der Waals surface area contributed by atoms with E-state index in [0.29, 0.717) is 40.5 Å². The quantitative estimate of drug-likeness (QED) is 0.182. The molecule has 0 fully saturated rings. The van der Waals surface area contributed by atoms with Gasteiger partial charge in [-0.15, -0.1) is 9.24 Å². The summed E-state index contributed by atoms with van der Waals surface area (Å²) in [5.74, 6) is -0.871. The molecular weight excluding hydrogens is 568 g/mol. The fourth-order valence-corrected chi connectivity index (χ4v) is 5.16. The maximum Gasteiger partial charge on any atom is 0.256 e. The van der Waals surface area contributed by atoms with Crippen LogP contribution in [-0.4, -0.2) is 56.5 Å². The zero-order valence-electron chi connectivity index (χ0n) is 23.4. The van der Waals surface area contributed by atoms with Crippen LogP contribution >= 0.6 is 9.24 Å². The van der Waals surface area contributed by atoms with Crippen molar-refractivity contribution in [1.82, 2.24) is 19.9 Å². The molecule has 0 aliphatic heterocycles. The van der Waals surface area contributed by atoms with Gasteiger partial charge in [-0.3, -0.25) is 14.2 Å². The summed E-state index contributed by atoms with van der Waals surface area (Å²) in [6, 6.07) is 21.6. The van der Waals surface area contributed by atoms with Crippen LogP contribution in [0.1, 0.15) is 21.5 Å². The van der Waals surface area contributed by atoms with E-state index in [0.717, 1.165) is 11.1 Å². The number of nitrogens with zero attached hydrogens (tertiary/aromatic N) is 3. The Balaban J connectivity index is 1.64. The minimum atomic E-state index is -0.789. The Morgan fingerprint density at radius 2 is 1.77 bits per heavy atom. The summed E-state index contributed by atoms with van der Waals surface area (Å²) in [7, 11) is 2.43. The number of halogens is 1. The van der Waals surface area contributed by atoms with Crippen molar-refractivity contribution < 1.29 is 19.4 Å². The highest BCUT2D eigenvalue weighted by atomic mass is 31.0. The van der Waals surface area contributed by atoms with Gasteiger partial charge in [0.1, 0.15) is 5.82 Å². The summed E-state index contributed by atoms with van der Waals surface area (Å²) in [6.45, 7) is 1.50. The number of hydrogen-bond acceptors (Lipinski definition) is 7. The molecule has 4 N–H and O–H groups in total. The number of para-hydroxylation sites is 1. The number of rotatable bonds is 10. The van der Waals surface area contributed by atoms with Crippen molar-refractivity contribution in [2.75, 3.05) is 25.1 Å². The lowest BCUT2D eigenvalue weighted by atomic mass is 9.99. The van der Waals surface area contributed by atoms with Crippen LogP contribution in [0.5, 0.6) is 0 Å². The van der Waals surface area contributed by atoms with Gasteiger partial charge in [0.05, 0.1) is 30.6 Å². The number of fused-ring (bicyclic) bond motifs is 1. The second-order valence-corrected chi connectivity index (χ2v) is 10.7. The van der Waals surface area contributed by atoms with Gasteiger partial charge in [0.2, 0.25) is 5.95 Å². The summed E-state index contributed by atoms with van der Waals surface area (Å²) in [5.41, 5.74) is 2.91. The Morgan fingerprint density at radius 1 is 1.00 bits per heavy atom. The minimum Gasteiger partial charge on any atom is -0.394 e. The molecule has 5 aromatic rings. The number of aliphatic hydroxyl groups excluding tert-OH is 2. The Bertz CT molecular complexity index is 1820. The Kier molecular flexibility index (Phi) is 9.21.